The molecule has 0 aromatic heterocycles. The molecule has 2 aliphatic rings. The molecule has 130 valence electrons. The molecule has 1 N–H and O–H groups in total. The zero-order valence-corrected chi connectivity index (χ0v) is 14.8. The van der Waals surface area contributed by atoms with E-state index in [1.54, 1.807) is 17.0 Å². The van der Waals surface area contributed by atoms with Gasteiger partial charge in [-0.2, -0.15) is 0 Å². The van der Waals surface area contributed by atoms with Crippen molar-refractivity contribution >= 4 is 15.9 Å². The first-order valence-corrected chi connectivity index (χ1v) is 9.91. The van der Waals surface area contributed by atoms with Crippen molar-refractivity contribution in [1.82, 2.24) is 9.62 Å². The predicted molar refractivity (Wildman–Crippen MR) is 94.5 cm³/mol. The first kappa shape index (κ1) is 16.3. The molecule has 1 aliphatic heterocycles. The molecule has 2 aromatic rings. The maximum Gasteiger partial charge on any atom is 0.254 e. The molecular weight excluding hydrogens is 336 g/mol. The number of carbonyl (C=O) groups is 1. The molecule has 0 radical (unpaired) electrons. The number of rotatable bonds is 4. The van der Waals surface area contributed by atoms with Crippen LogP contribution in [-0.4, -0.2) is 25.3 Å². The molecule has 4 rings (SSSR count). The molecule has 0 spiro atoms. The number of benzene rings is 2. The van der Waals surface area contributed by atoms with Crippen molar-refractivity contribution < 1.29 is 13.2 Å². The molecule has 0 atom stereocenters. The monoisotopic (exact) mass is 356 g/mol. The van der Waals surface area contributed by atoms with Crippen LogP contribution < -0.4 is 4.72 Å². The minimum absolute atomic E-state index is 0.0403. The Bertz CT molecular complexity index is 924. The largest absolute Gasteiger partial charge is 0.330 e. The van der Waals surface area contributed by atoms with E-state index in [2.05, 4.69) is 4.72 Å². The van der Waals surface area contributed by atoms with Gasteiger partial charge in [-0.3, -0.25) is 4.79 Å². The van der Waals surface area contributed by atoms with Crippen LogP contribution in [0.15, 0.2) is 47.4 Å². The van der Waals surface area contributed by atoms with Crippen molar-refractivity contribution in [1.29, 1.82) is 0 Å². The molecule has 1 aliphatic carbocycles. The van der Waals surface area contributed by atoms with E-state index in [1.165, 1.54) is 6.07 Å². The van der Waals surface area contributed by atoms with E-state index in [9.17, 15) is 13.2 Å². The smallest absolute Gasteiger partial charge is 0.254 e. The standard InChI is InChI=1S/C19H20N2O3S/c1-13-6-9-17(25(23,24)20-16-7-8-16)10-18(13)19(22)21-11-14-4-2-3-5-15(14)12-21/h2-6,9-10,16,20H,7-8,11-12H2,1H3. The summed E-state index contributed by atoms with van der Waals surface area (Å²) >= 11 is 0. The first-order chi connectivity index (χ1) is 11.9. The number of nitrogens with zero attached hydrogens (tertiary/aromatic N) is 1. The summed E-state index contributed by atoms with van der Waals surface area (Å²) in [6, 6.07) is 12.8. The summed E-state index contributed by atoms with van der Waals surface area (Å²) in [6.45, 7) is 2.96. The normalized spacial score (nSPS) is 16.8. The van der Waals surface area contributed by atoms with E-state index in [1.807, 2.05) is 31.2 Å². The number of hydrogen-bond donors (Lipinski definition) is 1. The van der Waals surface area contributed by atoms with Crippen molar-refractivity contribution in [2.45, 2.75) is 43.8 Å². The summed E-state index contributed by atoms with van der Waals surface area (Å²) < 4.78 is 27.5. The quantitative estimate of drug-likeness (QED) is 0.916. The molecule has 0 bridgehead atoms. The van der Waals surface area contributed by atoms with Crippen LogP contribution in [0.1, 0.15) is 39.9 Å². The molecule has 1 heterocycles. The summed E-state index contributed by atoms with van der Waals surface area (Å²) in [5, 5.41) is 0. The zero-order chi connectivity index (χ0) is 17.6. The molecule has 2 aromatic carbocycles. The van der Waals surface area contributed by atoms with Gasteiger partial charge in [0.05, 0.1) is 4.90 Å². The van der Waals surface area contributed by atoms with E-state index in [-0.39, 0.29) is 16.8 Å². The van der Waals surface area contributed by atoms with Crippen molar-refractivity contribution in [3.05, 3.63) is 64.7 Å². The van der Waals surface area contributed by atoms with Gasteiger partial charge in [-0.15, -0.1) is 0 Å². The van der Waals surface area contributed by atoms with Gasteiger partial charge in [0.1, 0.15) is 0 Å². The lowest BCUT2D eigenvalue weighted by Gasteiger charge is -2.18. The average Bonchev–Trinajstić information content (AvgIpc) is 3.27. The van der Waals surface area contributed by atoms with Gasteiger partial charge in [-0.25, -0.2) is 13.1 Å². The van der Waals surface area contributed by atoms with E-state index in [4.69, 9.17) is 0 Å². The maximum atomic E-state index is 13.0. The molecular formula is C19H20N2O3S. The molecule has 1 amide bonds. The second-order valence-electron chi connectivity index (χ2n) is 6.80. The second kappa shape index (κ2) is 5.97. The molecule has 1 saturated carbocycles. The van der Waals surface area contributed by atoms with Gasteiger partial charge in [0.25, 0.3) is 5.91 Å². The Hall–Kier alpha value is -2.18. The molecule has 0 unspecified atom stereocenters. The highest BCUT2D eigenvalue weighted by Gasteiger charge is 2.30. The van der Waals surface area contributed by atoms with Crippen LogP contribution in [0.25, 0.3) is 0 Å². The van der Waals surface area contributed by atoms with E-state index >= 15 is 0 Å². The third-order valence-corrected chi connectivity index (χ3v) is 6.30. The van der Waals surface area contributed by atoms with Crippen LogP contribution in [0.3, 0.4) is 0 Å². The van der Waals surface area contributed by atoms with Gasteiger partial charge in [0.15, 0.2) is 0 Å². The highest BCUT2D eigenvalue weighted by molar-refractivity contribution is 7.89. The van der Waals surface area contributed by atoms with Crippen LogP contribution in [0.2, 0.25) is 0 Å². The fourth-order valence-corrected chi connectivity index (χ4v) is 4.47. The Kier molecular flexibility index (Phi) is 3.89. The van der Waals surface area contributed by atoms with E-state index < -0.39 is 10.0 Å². The van der Waals surface area contributed by atoms with Crippen molar-refractivity contribution in [3.8, 4) is 0 Å². The lowest BCUT2D eigenvalue weighted by molar-refractivity contribution is 0.0750. The molecule has 1 fully saturated rings. The van der Waals surface area contributed by atoms with Crippen molar-refractivity contribution in [2.24, 2.45) is 0 Å². The maximum absolute atomic E-state index is 13.0. The first-order valence-electron chi connectivity index (χ1n) is 8.43. The highest BCUT2D eigenvalue weighted by Crippen LogP contribution is 2.27. The number of sulfonamides is 1. The van der Waals surface area contributed by atoms with Gasteiger partial charge in [-0.05, 0) is 48.6 Å². The Morgan fingerprint density at radius 3 is 2.32 bits per heavy atom. The van der Waals surface area contributed by atoms with Crippen LogP contribution in [-0.2, 0) is 23.1 Å². The van der Waals surface area contributed by atoms with Gasteiger partial charge in [0, 0.05) is 24.7 Å². The Labute approximate surface area is 147 Å². The predicted octanol–water partition coefficient (Wildman–Crippen LogP) is 2.59. The average molecular weight is 356 g/mol. The van der Waals surface area contributed by atoms with Crippen LogP contribution in [0.5, 0.6) is 0 Å². The third-order valence-electron chi connectivity index (χ3n) is 4.78. The van der Waals surface area contributed by atoms with E-state index in [0.29, 0.717) is 18.7 Å². The number of fused-ring (bicyclic) bond motifs is 1. The molecule has 25 heavy (non-hydrogen) atoms. The summed E-state index contributed by atoms with van der Waals surface area (Å²) in [5.41, 5.74) is 3.53. The SMILES string of the molecule is Cc1ccc(S(=O)(=O)NC2CC2)cc1C(=O)N1Cc2ccccc2C1. The fourth-order valence-electron chi connectivity index (χ4n) is 3.13. The summed E-state index contributed by atoms with van der Waals surface area (Å²) in [4.78, 5) is 14.9. The second-order valence-corrected chi connectivity index (χ2v) is 8.52. The van der Waals surface area contributed by atoms with Gasteiger partial charge in [-0.1, -0.05) is 30.3 Å². The van der Waals surface area contributed by atoms with E-state index in [0.717, 1.165) is 29.5 Å². The summed E-state index contributed by atoms with van der Waals surface area (Å²) in [5.74, 6) is -0.128. The number of carbonyl (C=O) groups excluding carboxylic acids is 1. The zero-order valence-electron chi connectivity index (χ0n) is 14.0. The molecule has 6 heteroatoms. The van der Waals surface area contributed by atoms with Crippen molar-refractivity contribution in [2.75, 3.05) is 0 Å². The Morgan fingerprint density at radius 2 is 1.72 bits per heavy atom. The Balaban J connectivity index is 1.62. The number of amides is 1. The van der Waals surface area contributed by atoms with Gasteiger partial charge >= 0.3 is 0 Å². The number of hydrogen-bond acceptors (Lipinski definition) is 3. The van der Waals surface area contributed by atoms with Gasteiger partial charge in [0.2, 0.25) is 10.0 Å². The van der Waals surface area contributed by atoms with Crippen LogP contribution >= 0.6 is 0 Å². The number of aryl methyl sites for hydroxylation is 1. The number of nitrogens with one attached hydrogen (secondary N) is 1. The fraction of sp³-hybridized carbons (Fsp3) is 0.316. The van der Waals surface area contributed by atoms with Crippen LogP contribution in [0, 0.1) is 6.92 Å². The summed E-state index contributed by atoms with van der Waals surface area (Å²) in [6.07, 6.45) is 1.76. The highest BCUT2D eigenvalue weighted by atomic mass is 32.2. The van der Waals surface area contributed by atoms with Crippen molar-refractivity contribution in [3.63, 3.8) is 0 Å². The summed E-state index contributed by atoms with van der Waals surface area (Å²) in [7, 11) is -3.57. The lowest BCUT2D eigenvalue weighted by Crippen LogP contribution is -2.28. The van der Waals surface area contributed by atoms with Crippen LogP contribution in [0.4, 0.5) is 0 Å². The minimum Gasteiger partial charge on any atom is -0.330 e. The third kappa shape index (κ3) is 3.19. The lowest BCUT2D eigenvalue weighted by atomic mass is 10.1. The van der Waals surface area contributed by atoms with Gasteiger partial charge < -0.3 is 4.90 Å². The topological polar surface area (TPSA) is 66.5 Å². The Morgan fingerprint density at radius 1 is 1.08 bits per heavy atom. The molecule has 0 saturated heterocycles. The minimum atomic E-state index is -3.57. The molecule has 5 nitrogen and oxygen atoms in total.